The van der Waals surface area contributed by atoms with Gasteiger partial charge in [-0.2, -0.15) is 0 Å². The third kappa shape index (κ3) is 2.61. The Labute approximate surface area is 105 Å². The summed E-state index contributed by atoms with van der Waals surface area (Å²) in [5.74, 6) is 0.458. The molecule has 2 heterocycles. The molecule has 0 unspecified atom stereocenters. The summed E-state index contributed by atoms with van der Waals surface area (Å²) in [4.78, 5) is 14.2. The zero-order valence-electron chi connectivity index (χ0n) is 9.98. The summed E-state index contributed by atoms with van der Waals surface area (Å²) >= 11 is 1.47. The smallest absolute Gasteiger partial charge is 0.171 e. The highest BCUT2D eigenvalue weighted by molar-refractivity contribution is 7.18. The molecule has 0 bridgehead atoms. The van der Waals surface area contributed by atoms with Crippen molar-refractivity contribution in [3.05, 3.63) is 10.9 Å². The standard InChI is InChI=1S/C12H18N2O2S/c1-8(16)12-10(13)6-11(17-12)14-4-2-9(7-15)3-5-14/h6,9,15H,2-5,7,13H2,1H3. The zero-order chi connectivity index (χ0) is 12.4. The van der Waals surface area contributed by atoms with Crippen molar-refractivity contribution in [2.24, 2.45) is 5.92 Å². The number of ketones is 1. The molecule has 0 atom stereocenters. The first-order chi connectivity index (χ1) is 8.11. The van der Waals surface area contributed by atoms with E-state index in [1.807, 2.05) is 6.07 Å². The Kier molecular flexibility index (Phi) is 3.69. The summed E-state index contributed by atoms with van der Waals surface area (Å²) in [5.41, 5.74) is 6.41. The van der Waals surface area contributed by atoms with Gasteiger partial charge in [0.05, 0.1) is 15.6 Å². The largest absolute Gasteiger partial charge is 0.397 e. The van der Waals surface area contributed by atoms with Gasteiger partial charge in [-0.15, -0.1) is 11.3 Å². The van der Waals surface area contributed by atoms with Crippen molar-refractivity contribution in [2.45, 2.75) is 19.8 Å². The first-order valence-corrected chi connectivity index (χ1v) is 6.69. The average Bonchev–Trinajstić information content (AvgIpc) is 2.71. The van der Waals surface area contributed by atoms with Crippen molar-refractivity contribution in [2.75, 3.05) is 30.3 Å². The lowest BCUT2D eigenvalue weighted by Crippen LogP contribution is -2.34. The van der Waals surface area contributed by atoms with Gasteiger partial charge < -0.3 is 15.7 Å². The molecule has 0 aromatic carbocycles. The van der Waals surface area contributed by atoms with E-state index >= 15 is 0 Å². The maximum atomic E-state index is 11.3. The van der Waals surface area contributed by atoms with Crippen LogP contribution in [0.4, 0.5) is 10.7 Å². The van der Waals surface area contributed by atoms with Crippen LogP contribution in [0.1, 0.15) is 29.4 Å². The van der Waals surface area contributed by atoms with Crippen LogP contribution >= 0.6 is 11.3 Å². The van der Waals surface area contributed by atoms with Gasteiger partial charge in [0.1, 0.15) is 0 Å². The third-order valence-electron chi connectivity index (χ3n) is 3.25. The highest BCUT2D eigenvalue weighted by Gasteiger charge is 2.21. The van der Waals surface area contributed by atoms with Crippen LogP contribution in [0.5, 0.6) is 0 Å². The molecule has 1 aromatic heterocycles. The number of aliphatic hydroxyl groups excluding tert-OH is 1. The van der Waals surface area contributed by atoms with E-state index in [0.717, 1.165) is 30.9 Å². The van der Waals surface area contributed by atoms with Gasteiger partial charge in [-0.05, 0) is 24.8 Å². The summed E-state index contributed by atoms with van der Waals surface area (Å²) in [7, 11) is 0. The lowest BCUT2D eigenvalue weighted by Gasteiger charge is -2.31. The predicted octanol–water partition coefficient (Wildman–Crippen LogP) is 1.74. The van der Waals surface area contributed by atoms with E-state index in [1.165, 1.54) is 11.3 Å². The maximum absolute atomic E-state index is 11.3. The lowest BCUT2D eigenvalue weighted by atomic mass is 9.98. The third-order valence-corrected chi connectivity index (χ3v) is 4.56. The molecule has 0 spiro atoms. The van der Waals surface area contributed by atoms with Gasteiger partial charge in [-0.3, -0.25) is 4.79 Å². The fraction of sp³-hybridized carbons (Fsp3) is 0.583. The molecule has 94 valence electrons. The van der Waals surface area contributed by atoms with Crippen molar-refractivity contribution < 1.29 is 9.90 Å². The highest BCUT2D eigenvalue weighted by atomic mass is 32.1. The van der Waals surface area contributed by atoms with E-state index in [-0.39, 0.29) is 12.4 Å². The van der Waals surface area contributed by atoms with Gasteiger partial charge >= 0.3 is 0 Å². The number of rotatable bonds is 3. The van der Waals surface area contributed by atoms with Gasteiger partial charge in [0.15, 0.2) is 5.78 Å². The van der Waals surface area contributed by atoms with Crippen LogP contribution in [-0.4, -0.2) is 30.6 Å². The second-order valence-corrected chi connectivity index (χ2v) is 5.57. The number of hydrogen-bond donors (Lipinski definition) is 2. The number of hydrogen-bond acceptors (Lipinski definition) is 5. The Morgan fingerprint density at radius 3 is 2.71 bits per heavy atom. The van der Waals surface area contributed by atoms with Crippen LogP contribution in [-0.2, 0) is 0 Å². The van der Waals surface area contributed by atoms with Crippen molar-refractivity contribution in [3.8, 4) is 0 Å². The number of Topliss-reactive ketones (excluding diaryl/α,β-unsaturated/α-hetero) is 1. The molecule has 4 nitrogen and oxygen atoms in total. The first kappa shape index (κ1) is 12.4. The van der Waals surface area contributed by atoms with Crippen LogP contribution < -0.4 is 10.6 Å². The Morgan fingerprint density at radius 1 is 1.59 bits per heavy atom. The minimum atomic E-state index is 0.0315. The molecule has 0 radical (unpaired) electrons. The van der Waals surface area contributed by atoms with Crippen molar-refractivity contribution in [3.63, 3.8) is 0 Å². The van der Waals surface area contributed by atoms with E-state index in [1.54, 1.807) is 6.92 Å². The monoisotopic (exact) mass is 254 g/mol. The van der Waals surface area contributed by atoms with Crippen LogP contribution in [0, 0.1) is 5.92 Å². The molecule has 1 fully saturated rings. The molecular weight excluding hydrogens is 236 g/mol. The van der Waals surface area contributed by atoms with E-state index in [0.29, 0.717) is 16.5 Å². The van der Waals surface area contributed by atoms with Gasteiger partial charge in [-0.25, -0.2) is 0 Å². The molecule has 2 rings (SSSR count). The SMILES string of the molecule is CC(=O)c1sc(N2CCC(CO)CC2)cc1N. The molecule has 1 saturated heterocycles. The Morgan fingerprint density at radius 2 is 2.24 bits per heavy atom. The number of nitrogens with zero attached hydrogens (tertiary/aromatic N) is 1. The molecule has 1 aliphatic heterocycles. The van der Waals surface area contributed by atoms with E-state index in [9.17, 15) is 4.79 Å². The van der Waals surface area contributed by atoms with Crippen molar-refractivity contribution in [1.29, 1.82) is 0 Å². The molecule has 0 saturated carbocycles. The number of carbonyl (C=O) groups excluding carboxylic acids is 1. The quantitative estimate of drug-likeness (QED) is 0.806. The molecular formula is C12H18N2O2S. The number of thiophene rings is 1. The molecule has 17 heavy (non-hydrogen) atoms. The normalized spacial score (nSPS) is 17.4. The summed E-state index contributed by atoms with van der Waals surface area (Å²) in [6.07, 6.45) is 2.01. The summed E-state index contributed by atoms with van der Waals surface area (Å²) in [5, 5.41) is 10.2. The van der Waals surface area contributed by atoms with E-state index in [4.69, 9.17) is 10.8 Å². The number of anilines is 2. The number of aliphatic hydroxyl groups is 1. The van der Waals surface area contributed by atoms with E-state index in [2.05, 4.69) is 4.90 Å². The summed E-state index contributed by atoms with van der Waals surface area (Å²) in [6, 6.07) is 1.89. The minimum absolute atomic E-state index is 0.0315. The minimum Gasteiger partial charge on any atom is -0.397 e. The van der Waals surface area contributed by atoms with Crippen LogP contribution in [0.2, 0.25) is 0 Å². The molecule has 3 N–H and O–H groups in total. The van der Waals surface area contributed by atoms with Gasteiger partial charge in [0.2, 0.25) is 0 Å². The van der Waals surface area contributed by atoms with Gasteiger partial charge in [0, 0.05) is 26.6 Å². The number of piperidine rings is 1. The number of nitrogens with two attached hydrogens (primary N) is 1. The summed E-state index contributed by atoms with van der Waals surface area (Å²) in [6.45, 7) is 3.69. The van der Waals surface area contributed by atoms with Crippen molar-refractivity contribution >= 4 is 27.8 Å². The first-order valence-electron chi connectivity index (χ1n) is 5.88. The van der Waals surface area contributed by atoms with Crippen LogP contribution in [0.3, 0.4) is 0 Å². The Bertz CT molecular complexity index is 409. The van der Waals surface area contributed by atoms with Gasteiger partial charge in [0.25, 0.3) is 0 Å². The van der Waals surface area contributed by atoms with Crippen LogP contribution in [0.25, 0.3) is 0 Å². The van der Waals surface area contributed by atoms with Gasteiger partial charge in [-0.1, -0.05) is 0 Å². The number of nitrogen functional groups attached to an aromatic ring is 1. The number of carbonyl (C=O) groups is 1. The predicted molar refractivity (Wildman–Crippen MR) is 70.8 cm³/mol. The molecule has 1 aliphatic rings. The van der Waals surface area contributed by atoms with Crippen LogP contribution in [0.15, 0.2) is 6.07 Å². The topological polar surface area (TPSA) is 66.6 Å². The van der Waals surface area contributed by atoms with Crippen molar-refractivity contribution in [1.82, 2.24) is 0 Å². The second kappa shape index (κ2) is 5.06. The average molecular weight is 254 g/mol. The zero-order valence-corrected chi connectivity index (χ0v) is 10.8. The Hall–Kier alpha value is -1.07. The lowest BCUT2D eigenvalue weighted by molar-refractivity contribution is 0.102. The fourth-order valence-electron chi connectivity index (χ4n) is 2.16. The maximum Gasteiger partial charge on any atom is 0.171 e. The molecule has 5 heteroatoms. The fourth-order valence-corrected chi connectivity index (χ4v) is 3.19. The summed E-state index contributed by atoms with van der Waals surface area (Å²) < 4.78 is 0. The molecule has 1 aromatic rings. The molecule has 0 amide bonds. The highest BCUT2D eigenvalue weighted by Crippen LogP contribution is 2.34. The second-order valence-electron chi connectivity index (χ2n) is 4.54. The van der Waals surface area contributed by atoms with E-state index < -0.39 is 0 Å². The Balaban J connectivity index is 2.08. The molecule has 0 aliphatic carbocycles.